The summed E-state index contributed by atoms with van der Waals surface area (Å²) >= 11 is 0. The molecule has 1 N–H and O–H groups in total. The van der Waals surface area contributed by atoms with E-state index in [4.69, 9.17) is 4.42 Å². The van der Waals surface area contributed by atoms with Crippen LogP contribution in [0.3, 0.4) is 0 Å². The lowest BCUT2D eigenvalue weighted by molar-refractivity contribution is -0.122. The van der Waals surface area contributed by atoms with Gasteiger partial charge in [-0.2, -0.15) is 0 Å². The number of furan rings is 1. The lowest BCUT2D eigenvalue weighted by Gasteiger charge is -2.34. The molecule has 0 saturated carbocycles. The third-order valence-corrected chi connectivity index (χ3v) is 4.55. The van der Waals surface area contributed by atoms with Gasteiger partial charge in [0.15, 0.2) is 0 Å². The molecule has 1 unspecified atom stereocenters. The Balaban J connectivity index is 1.68. The van der Waals surface area contributed by atoms with E-state index in [-0.39, 0.29) is 29.3 Å². The molecular formula is C19H24N2O3. The molecule has 0 aromatic carbocycles. The van der Waals surface area contributed by atoms with Crippen molar-refractivity contribution in [2.24, 2.45) is 5.41 Å². The van der Waals surface area contributed by atoms with Gasteiger partial charge in [-0.1, -0.05) is 19.9 Å². The Morgan fingerprint density at radius 1 is 1.42 bits per heavy atom. The normalized spacial score (nSPS) is 18.9. The summed E-state index contributed by atoms with van der Waals surface area (Å²) in [5.41, 5.74) is 1.10. The topological polar surface area (TPSA) is 64.2 Å². The molecule has 128 valence electrons. The predicted molar refractivity (Wildman–Crippen MR) is 91.7 cm³/mol. The van der Waals surface area contributed by atoms with Crippen molar-refractivity contribution in [1.29, 1.82) is 0 Å². The van der Waals surface area contributed by atoms with Gasteiger partial charge in [0.05, 0.1) is 6.04 Å². The summed E-state index contributed by atoms with van der Waals surface area (Å²) in [6.07, 6.45) is 3.77. The van der Waals surface area contributed by atoms with Gasteiger partial charge in [-0.3, -0.25) is 9.59 Å². The molecule has 0 radical (unpaired) electrons. The van der Waals surface area contributed by atoms with Crippen molar-refractivity contribution in [2.75, 3.05) is 0 Å². The average Bonchev–Trinajstić information content (AvgIpc) is 2.85. The Bertz CT molecular complexity index is 801. The molecule has 24 heavy (non-hydrogen) atoms. The molecular weight excluding hydrogens is 304 g/mol. The van der Waals surface area contributed by atoms with Crippen LogP contribution in [0.25, 0.3) is 0 Å². The van der Waals surface area contributed by atoms with E-state index in [1.807, 2.05) is 13.0 Å². The van der Waals surface area contributed by atoms with Crippen molar-refractivity contribution in [3.05, 3.63) is 57.9 Å². The predicted octanol–water partition coefficient (Wildman–Crippen LogP) is 2.97. The maximum atomic E-state index is 12.4. The lowest BCUT2D eigenvalue weighted by atomic mass is 9.74. The Hall–Kier alpha value is -2.30. The fourth-order valence-corrected chi connectivity index (χ4v) is 3.45. The first-order valence-corrected chi connectivity index (χ1v) is 8.38. The highest BCUT2D eigenvalue weighted by Gasteiger charge is 2.35. The van der Waals surface area contributed by atoms with Crippen LogP contribution in [0.15, 0.2) is 39.7 Å². The summed E-state index contributed by atoms with van der Waals surface area (Å²) in [5.74, 6) is 1.82. The maximum Gasteiger partial charge on any atom is 0.250 e. The molecule has 1 aliphatic carbocycles. The van der Waals surface area contributed by atoms with Gasteiger partial charge in [-0.25, -0.2) is 0 Å². The number of nitrogens with zero attached hydrogens (tertiary/aromatic N) is 1. The second-order valence-corrected chi connectivity index (χ2v) is 7.38. The minimum atomic E-state index is -0.0863. The summed E-state index contributed by atoms with van der Waals surface area (Å²) in [6, 6.07) is 7.00. The third kappa shape index (κ3) is 3.61. The first-order valence-electron chi connectivity index (χ1n) is 8.38. The summed E-state index contributed by atoms with van der Waals surface area (Å²) in [6.45, 7) is 6.71. The van der Waals surface area contributed by atoms with Gasteiger partial charge in [0.2, 0.25) is 5.91 Å². The molecule has 3 rings (SSSR count). The fraction of sp³-hybridized carbons (Fsp3) is 0.474. The van der Waals surface area contributed by atoms with Crippen LogP contribution in [0, 0.1) is 12.3 Å². The van der Waals surface area contributed by atoms with Crippen LogP contribution in [-0.4, -0.2) is 10.5 Å². The number of fused-ring (bicyclic) bond motifs is 1. The number of amides is 1. The largest absolute Gasteiger partial charge is 0.466 e. The van der Waals surface area contributed by atoms with Crippen LogP contribution >= 0.6 is 0 Å². The Labute approximate surface area is 141 Å². The van der Waals surface area contributed by atoms with Crippen LogP contribution in [0.1, 0.15) is 49.8 Å². The van der Waals surface area contributed by atoms with Crippen molar-refractivity contribution < 1.29 is 9.21 Å². The number of aromatic nitrogens is 1. The molecule has 1 amide bonds. The van der Waals surface area contributed by atoms with E-state index in [0.717, 1.165) is 29.9 Å². The van der Waals surface area contributed by atoms with E-state index in [2.05, 4.69) is 19.2 Å². The standard InChI is InChI=1S/C19H24N2O3/c1-13-10-14-15(11-19(2,3)12-16(14)24-13)20-17(22)7-9-21-8-5-4-6-18(21)23/h4-6,8,10,15H,7,9,11-12H2,1-3H3,(H,20,22). The van der Waals surface area contributed by atoms with E-state index >= 15 is 0 Å². The molecule has 5 heteroatoms. The second kappa shape index (κ2) is 6.30. The molecule has 5 nitrogen and oxygen atoms in total. The van der Waals surface area contributed by atoms with Crippen LogP contribution in [0.4, 0.5) is 0 Å². The summed E-state index contributed by atoms with van der Waals surface area (Å²) in [7, 11) is 0. The van der Waals surface area contributed by atoms with E-state index in [9.17, 15) is 9.59 Å². The number of carbonyl (C=O) groups is 1. The van der Waals surface area contributed by atoms with Crippen molar-refractivity contribution >= 4 is 5.91 Å². The third-order valence-electron chi connectivity index (χ3n) is 4.55. The van der Waals surface area contributed by atoms with Crippen molar-refractivity contribution in [1.82, 2.24) is 9.88 Å². The summed E-state index contributed by atoms with van der Waals surface area (Å²) < 4.78 is 7.36. The van der Waals surface area contributed by atoms with Crippen molar-refractivity contribution in [2.45, 2.75) is 52.6 Å². The molecule has 0 spiro atoms. The number of hydrogen-bond donors (Lipinski definition) is 1. The number of aryl methyl sites for hydroxylation is 2. The highest BCUT2D eigenvalue weighted by molar-refractivity contribution is 5.76. The lowest BCUT2D eigenvalue weighted by Crippen LogP contribution is -2.36. The Kier molecular flexibility index (Phi) is 4.35. The first-order chi connectivity index (χ1) is 11.3. The van der Waals surface area contributed by atoms with E-state index in [1.165, 1.54) is 6.07 Å². The van der Waals surface area contributed by atoms with Crippen molar-refractivity contribution in [3.8, 4) is 0 Å². The molecule has 0 saturated heterocycles. The molecule has 2 aromatic heterocycles. The molecule has 0 bridgehead atoms. The highest BCUT2D eigenvalue weighted by Crippen LogP contribution is 2.41. The van der Waals surface area contributed by atoms with Gasteiger partial charge in [-0.05, 0) is 30.9 Å². The number of pyridine rings is 1. The van der Waals surface area contributed by atoms with Gasteiger partial charge < -0.3 is 14.3 Å². The molecule has 2 heterocycles. The van der Waals surface area contributed by atoms with Gasteiger partial charge in [-0.15, -0.1) is 0 Å². The average molecular weight is 328 g/mol. The van der Waals surface area contributed by atoms with Gasteiger partial charge in [0, 0.05) is 37.2 Å². The minimum absolute atomic E-state index is 0.0267. The molecule has 0 aliphatic heterocycles. The van der Waals surface area contributed by atoms with Crippen LogP contribution in [-0.2, 0) is 17.8 Å². The molecule has 2 aromatic rings. The number of nitrogens with one attached hydrogen (secondary N) is 1. The zero-order valence-electron chi connectivity index (χ0n) is 14.5. The van der Waals surface area contributed by atoms with E-state index in [1.54, 1.807) is 22.9 Å². The quantitative estimate of drug-likeness (QED) is 0.938. The SMILES string of the molecule is Cc1cc2c(o1)CC(C)(C)CC2NC(=O)CCn1ccccc1=O. The zero-order chi connectivity index (χ0) is 17.3. The van der Waals surface area contributed by atoms with Gasteiger partial charge in [0.1, 0.15) is 11.5 Å². The van der Waals surface area contributed by atoms with Gasteiger partial charge in [0.25, 0.3) is 5.56 Å². The maximum absolute atomic E-state index is 12.4. The molecule has 1 aliphatic rings. The van der Waals surface area contributed by atoms with Gasteiger partial charge >= 0.3 is 0 Å². The number of hydrogen-bond acceptors (Lipinski definition) is 3. The second-order valence-electron chi connectivity index (χ2n) is 7.38. The van der Waals surface area contributed by atoms with Crippen LogP contribution in [0.5, 0.6) is 0 Å². The minimum Gasteiger partial charge on any atom is -0.466 e. The first kappa shape index (κ1) is 16.6. The van der Waals surface area contributed by atoms with Crippen LogP contribution < -0.4 is 10.9 Å². The molecule has 1 atom stereocenters. The zero-order valence-corrected chi connectivity index (χ0v) is 14.5. The summed E-state index contributed by atoms with van der Waals surface area (Å²) in [4.78, 5) is 24.1. The highest BCUT2D eigenvalue weighted by atomic mass is 16.3. The van der Waals surface area contributed by atoms with E-state index < -0.39 is 0 Å². The monoisotopic (exact) mass is 328 g/mol. The van der Waals surface area contributed by atoms with Crippen molar-refractivity contribution in [3.63, 3.8) is 0 Å². The Morgan fingerprint density at radius 2 is 2.21 bits per heavy atom. The smallest absolute Gasteiger partial charge is 0.250 e. The number of rotatable bonds is 4. The van der Waals surface area contributed by atoms with E-state index in [0.29, 0.717) is 6.54 Å². The van der Waals surface area contributed by atoms with Crippen LogP contribution in [0.2, 0.25) is 0 Å². The summed E-state index contributed by atoms with van der Waals surface area (Å²) in [5, 5.41) is 3.12. The molecule has 0 fully saturated rings. The number of carbonyl (C=O) groups excluding carboxylic acids is 1. The Morgan fingerprint density at radius 3 is 2.96 bits per heavy atom. The fourth-order valence-electron chi connectivity index (χ4n) is 3.45.